The zero-order chi connectivity index (χ0) is 45.3. The van der Waals surface area contributed by atoms with Gasteiger partial charge in [0.1, 0.15) is 17.0 Å². The first-order valence-electron chi connectivity index (χ1n) is 21.4. The molecule has 5 heterocycles. The fourth-order valence-electron chi connectivity index (χ4n) is 8.76. The van der Waals surface area contributed by atoms with Crippen molar-refractivity contribution in [3.8, 4) is 5.88 Å². The lowest BCUT2D eigenvalue weighted by Crippen LogP contribution is -2.47. The molecule has 2 fully saturated rings. The molecule has 1 amide bonds. The Labute approximate surface area is 378 Å². The van der Waals surface area contributed by atoms with Crippen LogP contribution in [0.25, 0.3) is 16.6 Å². The number of H-pyrrole nitrogens is 1. The van der Waals surface area contributed by atoms with Gasteiger partial charge in [-0.2, -0.15) is 4.98 Å². The number of carbonyl (C=O) groups is 1. The molecular weight excluding hydrogens is 886 g/mol. The second-order valence-electron chi connectivity index (χ2n) is 16.5. The number of pyridine rings is 1. The first-order valence-corrected chi connectivity index (χ1v) is 23.3. The molecule has 5 aromatic rings. The number of aromatic nitrogens is 2. The van der Waals surface area contributed by atoms with E-state index in [0.29, 0.717) is 112 Å². The van der Waals surface area contributed by atoms with E-state index in [1.807, 2.05) is 23.1 Å². The largest absolute Gasteiger partial charge is 0.476 e. The number of hydrogen-bond donors (Lipinski definition) is 3. The maximum absolute atomic E-state index is 14.7. The normalized spacial score (nSPS) is 19.3. The van der Waals surface area contributed by atoms with E-state index in [4.69, 9.17) is 30.8 Å². The lowest BCUT2D eigenvalue weighted by molar-refractivity contribution is -0.384. The van der Waals surface area contributed by atoms with Crippen LogP contribution in [0.2, 0.25) is 5.02 Å². The Morgan fingerprint density at radius 3 is 2.57 bits per heavy atom. The van der Waals surface area contributed by atoms with Gasteiger partial charge in [0.15, 0.2) is 0 Å². The minimum absolute atomic E-state index is 0.0382. The monoisotopic (exact) mass is 932 g/mol. The number of rotatable bonds is 12. The summed E-state index contributed by atoms with van der Waals surface area (Å²) in [6.45, 7) is 5.12. The number of amides is 1. The highest BCUT2D eigenvalue weighted by atomic mass is 35.5. The number of nitrogens with one attached hydrogen (secondary N) is 3. The molecule has 3 aliphatic heterocycles. The standard InChI is InChI=1S/C45H47ClF2N8O8S/c46-32-4-2-29(3-5-32)37-25-45(47,48)12-10-31(37)27-53-15-17-54(18-16-53)33-6-8-36(39(23-33)55-14-1-19-64-44-41(55)22-30-11-13-49-42(30)51-44)43(57)52-65(60,61)35-7-9-38(40(24-35)56(58)59)50-26-34-28-62-20-21-63-34/h2-9,11,13,22-24,34,50H,1,10,12,14-21,25-28H2,(H,49,51)(H,52,57)/t34-/m0/s1. The molecule has 3 N–H and O–H groups in total. The average molecular weight is 933 g/mol. The summed E-state index contributed by atoms with van der Waals surface area (Å²) < 4.78 is 76.5. The molecule has 1 aliphatic carbocycles. The van der Waals surface area contributed by atoms with Gasteiger partial charge in [0, 0.05) is 87.0 Å². The molecule has 9 rings (SSSR count). The van der Waals surface area contributed by atoms with Gasteiger partial charge >= 0.3 is 0 Å². The Balaban J connectivity index is 0.986. The number of sulfonamides is 1. The molecule has 0 saturated carbocycles. The van der Waals surface area contributed by atoms with Crippen molar-refractivity contribution in [2.75, 3.05) is 87.4 Å². The summed E-state index contributed by atoms with van der Waals surface area (Å²) in [5.74, 6) is -3.39. The Hall–Kier alpha value is -5.86. The molecule has 0 unspecified atom stereocenters. The minimum atomic E-state index is -4.63. The van der Waals surface area contributed by atoms with E-state index in [9.17, 15) is 32.1 Å². The van der Waals surface area contributed by atoms with Gasteiger partial charge in [-0.05, 0) is 78.6 Å². The van der Waals surface area contributed by atoms with Gasteiger partial charge in [-0.3, -0.25) is 19.8 Å². The third-order valence-corrected chi connectivity index (χ3v) is 13.7. The summed E-state index contributed by atoms with van der Waals surface area (Å²) >= 11 is 6.12. The Bertz CT molecular complexity index is 2740. The summed E-state index contributed by atoms with van der Waals surface area (Å²) in [4.78, 5) is 39.4. The molecule has 1 atom stereocenters. The molecule has 16 nitrogen and oxygen atoms in total. The molecule has 20 heteroatoms. The molecule has 3 aromatic carbocycles. The number of piperazine rings is 1. The Morgan fingerprint density at radius 1 is 0.985 bits per heavy atom. The zero-order valence-electron chi connectivity index (χ0n) is 35.2. The summed E-state index contributed by atoms with van der Waals surface area (Å²) in [6, 6.07) is 19.4. The number of allylic oxidation sites excluding steroid dienone is 1. The number of fused-ring (bicyclic) bond motifs is 2. The number of nitro groups is 1. The van der Waals surface area contributed by atoms with Gasteiger partial charge in [-0.25, -0.2) is 21.9 Å². The number of aromatic amines is 1. The fourth-order valence-corrected chi connectivity index (χ4v) is 9.88. The van der Waals surface area contributed by atoms with Crippen molar-refractivity contribution in [2.45, 2.75) is 42.6 Å². The van der Waals surface area contributed by atoms with Gasteiger partial charge in [0.2, 0.25) is 5.88 Å². The van der Waals surface area contributed by atoms with Crippen LogP contribution in [0.3, 0.4) is 0 Å². The van der Waals surface area contributed by atoms with Crippen LogP contribution in [-0.2, 0) is 19.5 Å². The second-order valence-corrected chi connectivity index (χ2v) is 18.6. The molecule has 0 spiro atoms. The Morgan fingerprint density at radius 2 is 1.80 bits per heavy atom. The zero-order valence-corrected chi connectivity index (χ0v) is 36.8. The van der Waals surface area contributed by atoms with E-state index < -0.39 is 37.4 Å². The lowest BCUT2D eigenvalue weighted by atomic mass is 9.85. The van der Waals surface area contributed by atoms with E-state index in [0.717, 1.165) is 28.3 Å². The van der Waals surface area contributed by atoms with E-state index in [2.05, 4.69) is 24.8 Å². The first-order chi connectivity index (χ1) is 31.3. The number of nitro benzene ring substituents is 1. The summed E-state index contributed by atoms with van der Waals surface area (Å²) in [6.07, 6.45) is 1.75. The van der Waals surface area contributed by atoms with Gasteiger partial charge in [0.25, 0.3) is 27.5 Å². The molecule has 2 saturated heterocycles. The van der Waals surface area contributed by atoms with Crippen molar-refractivity contribution in [2.24, 2.45) is 0 Å². The van der Waals surface area contributed by atoms with E-state index in [1.54, 1.807) is 42.6 Å². The van der Waals surface area contributed by atoms with E-state index in [1.165, 1.54) is 12.1 Å². The maximum Gasteiger partial charge on any atom is 0.293 e. The quantitative estimate of drug-likeness (QED) is 0.0833. The molecule has 0 bridgehead atoms. The van der Waals surface area contributed by atoms with Crippen LogP contribution < -0.4 is 24.6 Å². The van der Waals surface area contributed by atoms with Crippen molar-refractivity contribution < 1.29 is 41.1 Å². The average Bonchev–Trinajstić information content (AvgIpc) is 3.66. The topological polar surface area (TPSA) is 185 Å². The number of ether oxygens (including phenoxy) is 3. The SMILES string of the molecule is O=C(NS(=O)(=O)c1ccc(NC[C@H]2COCCO2)c([N+](=O)[O-])c1)c1ccc(N2CCN(CC3=C(c4ccc(Cl)cc4)CC(F)(F)CC3)CC2)cc1N1CCCOc2nc3[nH]ccc3cc21. The maximum atomic E-state index is 14.7. The van der Waals surface area contributed by atoms with Crippen molar-refractivity contribution in [3.05, 3.63) is 111 Å². The highest BCUT2D eigenvalue weighted by Crippen LogP contribution is 2.43. The van der Waals surface area contributed by atoms with Crippen LogP contribution in [0.1, 0.15) is 41.6 Å². The van der Waals surface area contributed by atoms with Crippen LogP contribution in [0.5, 0.6) is 5.88 Å². The molecular formula is C45H47ClF2N8O8S. The van der Waals surface area contributed by atoms with Crippen molar-refractivity contribution in [1.29, 1.82) is 0 Å². The number of halogens is 3. The van der Waals surface area contributed by atoms with Crippen LogP contribution in [0.4, 0.5) is 37.2 Å². The second kappa shape index (κ2) is 18.6. The number of benzene rings is 3. The van der Waals surface area contributed by atoms with Crippen LogP contribution in [0, 0.1) is 10.1 Å². The van der Waals surface area contributed by atoms with Crippen LogP contribution in [0.15, 0.2) is 89.5 Å². The van der Waals surface area contributed by atoms with Crippen molar-refractivity contribution in [1.82, 2.24) is 19.6 Å². The molecule has 0 radical (unpaired) electrons. The smallest absolute Gasteiger partial charge is 0.293 e. The Kier molecular flexibility index (Phi) is 12.7. The van der Waals surface area contributed by atoms with Gasteiger partial charge in [-0.1, -0.05) is 29.3 Å². The first kappa shape index (κ1) is 44.3. The van der Waals surface area contributed by atoms with Crippen molar-refractivity contribution in [3.63, 3.8) is 0 Å². The number of alkyl halides is 2. The van der Waals surface area contributed by atoms with Gasteiger partial charge < -0.3 is 34.3 Å². The molecule has 4 aliphatic rings. The summed E-state index contributed by atoms with van der Waals surface area (Å²) in [7, 11) is -4.63. The molecule has 2 aromatic heterocycles. The van der Waals surface area contributed by atoms with E-state index in [-0.39, 0.29) is 36.7 Å². The predicted octanol–water partition coefficient (Wildman–Crippen LogP) is 7.39. The molecule has 65 heavy (non-hydrogen) atoms. The molecule has 342 valence electrons. The third-order valence-electron chi connectivity index (χ3n) is 12.2. The van der Waals surface area contributed by atoms with Crippen molar-refractivity contribution >= 4 is 72.6 Å². The fraction of sp³-hybridized carbons (Fsp3) is 0.378. The highest BCUT2D eigenvalue weighted by Gasteiger charge is 2.37. The van der Waals surface area contributed by atoms with Gasteiger partial charge in [-0.15, -0.1) is 0 Å². The van der Waals surface area contributed by atoms with E-state index >= 15 is 0 Å². The summed E-state index contributed by atoms with van der Waals surface area (Å²) in [5, 5.41) is 16.4. The highest BCUT2D eigenvalue weighted by molar-refractivity contribution is 7.90. The summed E-state index contributed by atoms with van der Waals surface area (Å²) in [5.41, 5.74) is 4.42. The van der Waals surface area contributed by atoms with Crippen LogP contribution in [-0.4, -0.2) is 118 Å². The lowest BCUT2D eigenvalue weighted by Gasteiger charge is -2.38. The predicted molar refractivity (Wildman–Crippen MR) is 242 cm³/mol. The van der Waals surface area contributed by atoms with Crippen LogP contribution >= 0.6 is 11.6 Å². The third kappa shape index (κ3) is 9.89. The van der Waals surface area contributed by atoms with Gasteiger partial charge in [0.05, 0.1) is 53.6 Å². The number of carbonyl (C=O) groups excluding carboxylic acids is 1. The minimum Gasteiger partial charge on any atom is -0.476 e. The number of nitrogens with zero attached hydrogens (tertiary/aromatic N) is 5. The number of anilines is 4. The number of hydrogen-bond acceptors (Lipinski definition) is 13.